The second-order valence-electron chi connectivity index (χ2n) is 6.52. The van der Waals surface area contributed by atoms with E-state index in [9.17, 15) is 8.42 Å². The van der Waals surface area contributed by atoms with Crippen molar-refractivity contribution in [3.8, 4) is 0 Å². The van der Waals surface area contributed by atoms with Crippen molar-refractivity contribution in [2.24, 2.45) is 5.92 Å². The minimum absolute atomic E-state index is 0.373. The van der Waals surface area contributed by atoms with E-state index in [0.29, 0.717) is 25.1 Å². The van der Waals surface area contributed by atoms with Gasteiger partial charge in [0.05, 0.1) is 12.4 Å². The molecule has 2 atom stereocenters. The van der Waals surface area contributed by atoms with Crippen molar-refractivity contribution in [3.05, 3.63) is 0 Å². The molecule has 0 amide bonds. The second kappa shape index (κ2) is 7.90. The number of nitrogens with zero attached hydrogens (tertiary/aromatic N) is 2. The standard InChI is InChI=1S/C15H30N2O3S/c1-3-8-16(13-15-6-4-5-10-20-15)11-14-7-9-17(12-14)21(2,18)19/h14-15H,3-13H2,1-2H3/t14-,15+/m1/s1. The van der Waals surface area contributed by atoms with Gasteiger partial charge in [0.25, 0.3) is 0 Å². The predicted molar refractivity (Wildman–Crippen MR) is 84.8 cm³/mol. The monoisotopic (exact) mass is 318 g/mol. The van der Waals surface area contributed by atoms with Gasteiger partial charge in [-0.3, -0.25) is 0 Å². The summed E-state index contributed by atoms with van der Waals surface area (Å²) in [4.78, 5) is 2.48. The molecule has 6 heteroatoms. The van der Waals surface area contributed by atoms with Gasteiger partial charge in [-0.25, -0.2) is 12.7 Å². The molecule has 0 bridgehead atoms. The Labute approximate surface area is 129 Å². The summed E-state index contributed by atoms with van der Waals surface area (Å²) in [5.74, 6) is 0.467. The zero-order valence-corrected chi connectivity index (χ0v) is 14.3. The molecule has 2 saturated heterocycles. The fourth-order valence-electron chi connectivity index (χ4n) is 3.43. The summed E-state index contributed by atoms with van der Waals surface area (Å²) in [6.07, 6.45) is 7.44. The first-order chi connectivity index (χ1) is 9.99. The van der Waals surface area contributed by atoms with Crippen LogP contribution in [0, 0.1) is 5.92 Å². The third-order valence-corrected chi connectivity index (χ3v) is 5.78. The molecular weight excluding hydrogens is 288 g/mol. The predicted octanol–water partition coefficient (Wildman–Crippen LogP) is 1.55. The molecule has 0 aromatic heterocycles. The summed E-state index contributed by atoms with van der Waals surface area (Å²) in [6.45, 7) is 7.55. The van der Waals surface area contributed by atoms with Crippen molar-refractivity contribution in [1.82, 2.24) is 9.21 Å². The topological polar surface area (TPSA) is 49.9 Å². The third kappa shape index (κ3) is 5.51. The van der Waals surface area contributed by atoms with Crippen LogP contribution in [-0.2, 0) is 14.8 Å². The van der Waals surface area contributed by atoms with Crippen LogP contribution in [-0.4, -0.2) is 69.3 Å². The number of ether oxygens (including phenoxy) is 1. The van der Waals surface area contributed by atoms with Crippen LogP contribution in [0.25, 0.3) is 0 Å². The molecule has 0 radical (unpaired) electrons. The Balaban J connectivity index is 1.82. The highest BCUT2D eigenvalue weighted by molar-refractivity contribution is 7.88. The maximum absolute atomic E-state index is 11.6. The van der Waals surface area contributed by atoms with E-state index in [1.807, 2.05) is 0 Å². The Bertz CT molecular complexity index is 407. The summed E-state index contributed by atoms with van der Waals surface area (Å²) >= 11 is 0. The van der Waals surface area contributed by atoms with Gasteiger partial charge in [0.15, 0.2) is 0 Å². The normalized spacial score (nSPS) is 28.3. The highest BCUT2D eigenvalue weighted by atomic mass is 32.2. The summed E-state index contributed by atoms with van der Waals surface area (Å²) in [6, 6.07) is 0. The lowest BCUT2D eigenvalue weighted by atomic mass is 10.1. The molecule has 0 aromatic rings. The van der Waals surface area contributed by atoms with Crippen LogP contribution in [0.1, 0.15) is 39.0 Å². The molecule has 2 fully saturated rings. The van der Waals surface area contributed by atoms with Crippen LogP contribution in [0.4, 0.5) is 0 Å². The van der Waals surface area contributed by atoms with Crippen LogP contribution < -0.4 is 0 Å². The average molecular weight is 318 g/mol. The van der Waals surface area contributed by atoms with Crippen molar-refractivity contribution < 1.29 is 13.2 Å². The molecular formula is C15H30N2O3S. The van der Waals surface area contributed by atoms with Gasteiger partial charge in [-0.05, 0) is 44.6 Å². The smallest absolute Gasteiger partial charge is 0.211 e. The van der Waals surface area contributed by atoms with E-state index in [1.165, 1.54) is 25.5 Å². The first-order valence-electron chi connectivity index (χ1n) is 8.28. The summed E-state index contributed by atoms with van der Waals surface area (Å²) in [5, 5.41) is 0. The van der Waals surface area contributed by atoms with Gasteiger partial charge in [0, 0.05) is 32.8 Å². The van der Waals surface area contributed by atoms with Crippen LogP contribution in [0.2, 0.25) is 0 Å². The van der Waals surface area contributed by atoms with Gasteiger partial charge in [-0.1, -0.05) is 6.92 Å². The number of hydrogen-bond acceptors (Lipinski definition) is 4. The van der Waals surface area contributed by atoms with E-state index in [2.05, 4.69) is 11.8 Å². The number of hydrogen-bond donors (Lipinski definition) is 0. The minimum atomic E-state index is -3.02. The highest BCUT2D eigenvalue weighted by Crippen LogP contribution is 2.21. The van der Waals surface area contributed by atoms with E-state index in [-0.39, 0.29) is 0 Å². The zero-order chi connectivity index (χ0) is 15.3. The zero-order valence-electron chi connectivity index (χ0n) is 13.5. The number of sulfonamides is 1. The van der Waals surface area contributed by atoms with Crippen LogP contribution in [0.3, 0.4) is 0 Å². The summed E-state index contributed by atoms with van der Waals surface area (Å²) in [7, 11) is -3.02. The van der Waals surface area contributed by atoms with Crippen LogP contribution in [0.5, 0.6) is 0 Å². The van der Waals surface area contributed by atoms with E-state index in [0.717, 1.165) is 39.1 Å². The van der Waals surface area contributed by atoms with Crippen molar-refractivity contribution in [1.29, 1.82) is 0 Å². The second-order valence-corrected chi connectivity index (χ2v) is 8.51. The van der Waals surface area contributed by atoms with Crippen molar-refractivity contribution in [3.63, 3.8) is 0 Å². The lowest BCUT2D eigenvalue weighted by molar-refractivity contribution is -0.00783. The molecule has 0 unspecified atom stereocenters. The molecule has 0 spiro atoms. The molecule has 2 aliphatic heterocycles. The Morgan fingerprint density at radius 2 is 2.05 bits per heavy atom. The van der Waals surface area contributed by atoms with Crippen molar-refractivity contribution in [2.75, 3.05) is 45.6 Å². The fraction of sp³-hybridized carbons (Fsp3) is 1.00. The molecule has 5 nitrogen and oxygen atoms in total. The molecule has 0 N–H and O–H groups in total. The van der Waals surface area contributed by atoms with E-state index in [4.69, 9.17) is 4.74 Å². The van der Waals surface area contributed by atoms with E-state index >= 15 is 0 Å². The molecule has 21 heavy (non-hydrogen) atoms. The quantitative estimate of drug-likeness (QED) is 0.715. The van der Waals surface area contributed by atoms with E-state index < -0.39 is 10.0 Å². The first kappa shape index (κ1) is 17.2. The molecule has 2 rings (SSSR count). The molecule has 0 saturated carbocycles. The van der Waals surface area contributed by atoms with Gasteiger partial charge >= 0.3 is 0 Å². The largest absolute Gasteiger partial charge is 0.377 e. The summed E-state index contributed by atoms with van der Waals surface area (Å²) in [5.41, 5.74) is 0. The van der Waals surface area contributed by atoms with Gasteiger partial charge in [-0.15, -0.1) is 0 Å². The van der Waals surface area contributed by atoms with Gasteiger partial charge in [0.2, 0.25) is 10.0 Å². The van der Waals surface area contributed by atoms with Crippen molar-refractivity contribution >= 4 is 10.0 Å². The maximum Gasteiger partial charge on any atom is 0.211 e. The third-order valence-electron chi connectivity index (χ3n) is 4.51. The summed E-state index contributed by atoms with van der Waals surface area (Å²) < 4.78 is 30.7. The van der Waals surface area contributed by atoms with Crippen LogP contribution in [0.15, 0.2) is 0 Å². The fourth-order valence-corrected chi connectivity index (χ4v) is 4.34. The SMILES string of the molecule is CCCN(C[C@H]1CCN(S(C)(=O)=O)C1)C[C@@H]1CCCCO1. The molecule has 2 aliphatic rings. The Kier molecular flexibility index (Phi) is 6.47. The minimum Gasteiger partial charge on any atom is -0.377 e. The van der Waals surface area contributed by atoms with Crippen LogP contribution >= 0.6 is 0 Å². The Hall–Kier alpha value is -0.170. The Morgan fingerprint density at radius 1 is 1.24 bits per heavy atom. The lowest BCUT2D eigenvalue weighted by Gasteiger charge is -2.31. The van der Waals surface area contributed by atoms with Crippen molar-refractivity contribution in [2.45, 2.75) is 45.1 Å². The number of rotatable bonds is 7. The average Bonchev–Trinajstić information content (AvgIpc) is 2.89. The van der Waals surface area contributed by atoms with Gasteiger partial charge < -0.3 is 9.64 Å². The van der Waals surface area contributed by atoms with Gasteiger partial charge in [0.1, 0.15) is 0 Å². The maximum atomic E-state index is 11.6. The van der Waals surface area contributed by atoms with E-state index in [1.54, 1.807) is 4.31 Å². The molecule has 2 heterocycles. The lowest BCUT2D eigenvalue weighted by Crippen LogP contribution is -2.39. The molecule has 0 aromatic carbocycles. The molecule has 124 valence electrons. The highest BCUT2D eigenvalue weighted by Gasteiger charge is 2.30. The van der Waals surface area contributed by atoms with Gasteiger partial charge in [-0.2, -0.15) is 0 Å². The Morgan fingerprint density at radius 3 is 2.62 bits per heavy atom. The molecule has 0 aliphatic carbocycles. The first-order valence-corrected chi connectivity index (χ1v) is 10.1.